The Labute approximate surface area is 217 Å². The Balaban J connectivity index is 1.80. The maximum Gasteiger partial charge on any atom is 0.474 e. The van der Waals surface area contributed by atoms with Gasteiger partial charge in [0.1, 0.15) is 22.1 Å². The summed E-state index contributed by atoms with van der Waals surface area (Å²) in [6, 6.07) is 0. The molecule has 0 unspecified atom stereocenters. The van der Waals surface area contributed by atoms with Crippen LogP contribution in [0.4, 0.5) is 0 Å². The Morgan fingerprint density at radius 1 is 1.09 bits per heavy atom. The summed E-state index contributed by atoms with van der Waals surface area (Å²) in [5, 5.41) is 10.8. The number of ether oxygens (including phenoxy) is 1. The zero-order valence-electron chi connectivity index (χ0n) is 24.5. The van der Waals surface area contributed by atoms with Crippen molar-refractivity contribution in [3.63, 3.8) is 0 Å². The van der Waals surface area contributed by atoms with Crippen LogP contribution >= 0.6 is 0 Å². The van der Waals surface area contributed by atoms with Gasteiger partial charge in [-0.2, -0.15) is 0 Å². The third-order valence-electron chi connectivity index (χ3n) is 8.68. The summed E-state index contributed by atoms with van der Waals surface area (Å²) in [6.07, 6.45) is 3.01. The van der Waals surface area contributed by atoms with Gasteiger partial charge in [0, 0.05) is 5.94 Å². The SMILES string of the molecule is CC(C)(C)OC(=O)C[C@@H](O)CC[C@@H](B1O[C@@H]2C[C@@H]3C[C@@H](C3(C)C)[C@]2(C)O1)N([Si](C)(C)C)[Si](C)(C)C. The Hall–Kier alpha value is -0.191. The third-order valence-corrected chi connectivity index (χ3v) is 16.3. The van der Waals surface area contributed by atoms with Crippen LogP contribution in [-0.4, -0.2) is 68.2 Å². The van der Waals surface area contributed by atoms with E-state index in [1.54, 1.807) is 0 Å². The zero-order valence-corrected chi connectivity index (χ0v) is 26.5. The number of aliphatic hydroxyl groups excluding tert-OH is 1. The lowest BCUT2D eigenvalue weighted by Gasteiger charge is -2.64. The molecule has 4 aliphatic rings. The smallest absolute Gasteiger partial charge is 0.460 e. The van der Waals surface area contributed by atoms with E-state index in [4.69, 9.17) is 14.0 Å². The van der Waals surface area contributed by atoms with Crippen molar-refractivity contribution in [1.29, 1.82) is 0 Å². The summed E-state index contributed by atoms with van der Waals surface area (Å²) < 4.78 is 21.9. The quantitative estimate of drug-likeness (QED) is 0.318. The van der Waals surface area contributed by atoms with E-state index >= 15 is 0 Å². The van der Waals surface area contributed by atoms with Gasteiger partial charge in [-0.15, -0.1) is 0 Å². The highest BCUT2D eigenvalue weighted by molar-refractivity contribution is 6.90. The van der Waals surface area contributed by atoms with Gasteiger partial charge in [0.05, 0.1) is 24.2 Å². The van der Waals surface area contributed by atoms with Crippen molar-refractivity contribution in [3.05, 3.63) is 0 Å². The number of rotatable bonds is 9. The number of hydrogen-bond donors (Lipinski definition) is 1. The fraction of sp³-hybridized carbons (Fsp3) is 0.962. The second-order valence-corrected chi connectivity index (χ2v) is 25.2. The molecule has 9 heteroatoms. The van der Waals surface area contributed by atoms with Crippen molar-refractivity contribution in [1.82, 2.24) is 4.23 Å². The molecule has 202 valence electrons. The first-order valence-electron chi connectivity index (χ1n) is 13.7. The molecule has 0 aromatic carbocycles. The lowest BCUT2D eigenvalue weighted by Crippen LogP contribution is -2.67. The predicted octanol–water partition coefficient (Wildman–Crippen LogP) is 5.47. The molecule has 4 fully saturated rings. The van der Waals surface area contributed by atoms with E-state index in [0.717, 1.165) is 12.8 Å². The van der Waals surface area contributed by atoms with E-state index in [-0.39, 0.29) is 37.2 Å². The summed E-state index contributed by atoms with van der Waals surface area (Å²) in [5.41, 5.74) is -0.488. The van der Waals surface area contributed by atoms with E-state index in [1.807, 2.05) is 20.8 Å². The van der Waals surface area contributed by atoms with Gasteiger partial charge in [0.25, 0.3) is 0 Å². The molecule has 1 N–H and O–H groups in total. The van der Waals surface area contributed by atoms with Crippen LogP contribution in [0.3, 0.4) is 0 Å². The molecule has 3 aliphatic carbocycles. The van der Waals surface area contributed by atoms with Gasteiger partial charge in [-0.1, -0.05) is 53.1 Å². The van der Waals surface area contributed by atoms with Crippen LogP contribution in [0.2, 0.25) is 39.3 Å². The maximum absolute atomic E-state index is 12.3. The fourth-order valence-corrected chi connectivity index (χ4v) is 18.0. The number of carbonyl (C=O) groups is 1. The monoisotopic (exact) mass is 525 g/mol. The van der Waals surface area contributed by atoms with Gasteiger partial charge < -0.3 is 23.4 Å². The highest BCUT2D eigenvalue weighted by atomic mass is 28.4. The average molecular weight is 526 g/mol. The number of hydrogen-bond acceptors (Lipinski definition) is 6. The highest BCUT2D eigenvalue weighted by Gasteiger charge is 2.69. The molecular formula is C26H52BNO5Si2. The molecular weight excluding hydrogens is 473 g/mol. The molecule has 4 rings (SSSR count). The van der Waals surface area contributed by atoms with E-state index in [2.05, 4.69) is 64.3 Å². The van der Waals surface area contributed by atoms with Crippen LogP contribution in [0.5, 0.6) is 0 Å². The first kappa shape index (κ1) is 29.4. The van der Waals surface area contributed by atoms with Crippen molar-refractivity contribution < 1.29 is 23.9 Å². The minimum absolute atomic E-state index is 0.0224. The van der Waals surface area contributed by atoms with Gasteiger partial charge in [0.2, 0.25) is 0 Å². The van der Waals surface area contributed by atoms with Crippen molar-refractivity contribution in [2.75, 3.05) is 0 Å². The Kier molecular flexibility index (Phi) is 7.99. The maximum atomic E-state index is 12.3. The van der Waals surface area contributed by atoms with Crippen LogP contribution in [0.1, 0.15) is 73.6 Å². The predicted molar refractivity (Wildman–Crippen MR) is 148 cm³/mol. The highest BCUT2D eigenvalue weighted by Crippen LogP contribution is 2.66. The Morgan fingerprint density at radius 3 is 2.14 bits per heavy atom. The first-order chi connectivity index (χ1) is 15.7. The molecule has 35 heavy (non-hydrogen) atoms. The van der Waals surface area contributed by atoms with Gasteiger partial charge in [0.15, 0.2) is 0 Å². The van der Waals surface area contributed by atoms with Crippen LogP contribution < -0.4 is 0 Å². The minimum Gasteiger partial charge on any atom is -0.460 e. The molecule has 2 bridgehead atoms. The standard InChI is InChI=1S/C26H52BNO5Si2/c1-24(2,3)31-23(30)17-19(29)13-14-22(28(34(7,8)9)35(10,11)12)27-32-21-16-18-15-20(25(18,4)5)26(21,6)33-27/h18-22,29H,13-17H2,1-12H3/t18-,19-,20-,21+,22-,26-/m0/s1. The zero-order chi connectivity index (χ0) is 26.8. The molecule has 1 saturated heterocycles. The van der Waals surface area contributed by atoms with Crippen molar-refractivity contribution in [2.45, 2.75) is 142 Å². The minimum atomic E-state index is -1.73. The van der Waals surface area contributed by atoms with Crippen LogP contribution in [0.25, 0.3) is 0 Å². The normalized spacial score (nSPS) is 32.2. The van der Waals surface area contributed by atoms with Crippen molar-refractivity contribution in [3.8, 4) is 0 Å². The fourth-order valence-electron chi connectivity index (χ4n) is 7.49. The summed E-state index contributed by atoms with van der Waals surface area (Å²) in [4.78, 5) is 12.3. The number of nitrogens with zero attached hydrogens (tertiary/aromatic N) is 1. The van der Waals surface area contributed by atoms with Crippen molar-refractivity contribution in [2.24, 2.45) is 17.3 Å². The van der Waals surface area contributed by atoms with Crippen molar-refractivity contribution >= 4 is 29.6 Å². The van der Waals surface area contributed by atoms with Gasteiger partial charge in [-0.25, -0.2) is 0 Å². The first-order valence-corrected chi connectivity index (χ1v) is 20.6. The topological polar surface area (TPSA) is 68.2 Å². The lowest BCUT2D eigenvalue weighted by molar-refractivity contribution is -0.199. The van der Waals surface area contributed by atoms with E-state index < -0.39 is 28.2 Å². The van der Waals surface area contributed by atoms with Crippen LogP contribution in [0.15, 0.2) is 0 Å². The molecule has 0 radical (unpaired) electrons. The summed E-state index contributed by atoms with van der Waals surface area (Å²) in [6.45, 7) is 27.0. The third kappa shape index (κ3) is 6.11. The van der Waals surface area contributed by atoms with Gasteiger partial charge >= 0.3 is 13.1 Å². The molecule has 0 aromatic rings. The molecule has 0 spiro atoms. The summed E-state index contributed by atoms with van der Waals surface area (Å²) in [7, 11) is -3.77. The van der Waals surface area contributed by atoms with Gasteiger partial charge in [-0.05, 0) is 70.6 Å². The molecule has 0 amide bonds. The second kappa shape index (κ2) is 9.53. The van der Waals surface area contributed by atoms with E-state index in [9.17, 15) is 9.90 Å². The summed E-state index contributed by atoms with van der Waals surface area (Å²) >= 11 is 0. The summed E-state index contributed by atoms with van der Waals surface area (Å²) in [5.74, 6) is 0.966. The lowest BCUT2D eigenvalue weighted by atomic mass is 9.43. The Bertz CT molecular complexity index is 776. The molecule has 6 nitrogen and oxygen atoms in total. The molecule has 0 aromatic heterocycles. The molecule has 1 heterocycles. The largest absolute Gasteiger partial charge is 0.474 e. The van der Waals surface area contributed by atoms with E-state index in [0.29, 0.717) is 23.7 Å². The molecule has 1 aliphatic heterocycles. The van der Waals surface area contributed by atoms with Gasteiger partial charge in [-0.3, -0.25) is 4.79 Å². The van der Waals surface area contributed by atoms with Crippen LogP contribution in [0, 0.1) is 17.3 Å². The number of carbonyl (C=O) groups excluding carboxylic acids is 1. The van der Waals surface area contributed by atoms with Crippen LogP contribution in [-0.2, 0) is 18.8 Å². The number of esters is 1. The van der Waals surface area contributed by atoms with E-state index in [1.165, 1.54) is 6.42 Å². The average Bonchev–Trinajstić information content (AvgIpc) is 2.97. The second-order valence-electron chi connectivity index (χ2n) is 15.1. The molecule has 6 atom stereocenters. The Morgan fingerprint density at radius 2 is 1.66 bits per heavy atom. The molecule has 3 saturated carbocycles. The number of aliphatic hydroxyl groups is 1.